The highest BCUT2D eigenvalue weighted by atomic mass is 31.2. The summed E-state index contributed by atoms with van der Waals surface area (Å²) in [6.45, 7) is 0. The Morgan fingerprint density at radius 3 is 0.848 bits per heavy atom. The van der Waals surface area contributed by atoms with Crippen molar-refractivity contribution in [3.05, 3.63) is 197 Å². The lowest BCUT2D eigenvalue weighted by molar-refractivity contribution is 0.387. The van der Waals surface area contributed by atoms with E-state index in [0.29, 0.717) is 17.2 Å². The second-order valence-electron chi connectivity index (χ2n) is 10.3. The monoisotopic (exact) mass is 616 g/mol. The van der Waals surface area contributed by atoms with Crippen molar-refractivity contribution >= 4 is 45.1 Å². The Balaban J connectivity index is 1.32. The van der Waals surface area contributed by atoms with Crippen LogP contribution in [-0.4, -0.2) is 0 Å². The first-order valence-corrected chi connectivity index (χ1v) is 16.2. The van der Waals surface area contributed by atoms with Gasteiger partial charge in [0.25, 0.3) is 0 Å². The summed E-state index contributed by atoms with van der Waals surface area (Å²) in [6, 6.07) is 54.3. The quantitative estimate of drug-likeness (QED) is 0.101. The van der Waals surface area contributed by atoms with Crippen LogP contribution in [0.5, 0.6) is 17.2 Å². The minimum absolute atomic E-state index is 0.662. The fourth-order valence-corrected chi connectivity index (χ4v) is 5.74. The van der Waals surface area contributed by atoms with E-state index in [2.05, 4.69) is 54.6 Å². The van der Waals surface area contributed by atoms with E-state index >= 15 is 0 Å². The van der Waals surface area contributed by atoms with Gasteiger partial charge in [-0.05, 0) is 34.9 Å². The molecule has 0 aliphatic heterocycles. The second kappa shape index (κ2) is 15.9. The molecule has 0 aliphatic carbocycles. The maximum atomic E-state index is 6.60. The van der Waals surface area contributed by atoms with Crippen molar-refractivity contribution in [2.45, 2.75) is 0 Å². The number of rotatable bonds is 12. The molecule has 0 saturated carbocycles. The summed E-state index contributed by atoms with van der Waals surface area (Å²) in [5, 5.41) is 0. The molecule has 0 heterocycles. The zero-order chi connectivity index (χ0) is 31.2. The first-order chi connectivity index (χ1) is 22.8. The minimum atomic E-state index is -1.93. The Bertz CT molecular complexity index is 1690. The summed E-state index contributed by atoms with van der Waals surface area (Å²) < 4.78 is 19.8. The molecule has 224 valence electrons. The van der Waals surface area contributed by atoms with Crippen LogP contribution < -0.4 is 13.6 Å². The van der Waals surface area contributed by atoms with E-state index in [1.165, 1.54) is 0 Å². The van der Waals surface area contributed by atoms with Crippen molar-refractivity contribution in [1.82, 2.24) is 0 Å². The lowest BCUT2D eigenvalue weighted by Gasteiger charge is -2.20. The van der Waals surface area contributed by atoms with Gasteiger partial charge in [0.1, 0.15) is 17.2 Å². The van der Waals surface area contributed by atoms with Crippen molar-refractivity contribution in [3.8, 4) is 17.2 Å². The van der Waals surface area contributed by atoms with E-state index in [1.54, 1.807) is 0 Å². The molecule has 0 spiro atoms. The topological polar surface area (TPSA) is 27.7 Å². The summed E-state index contributed by atoms with van der Waals surface area (Å²) in [7, 11) is -1.93. The Labute approximate surface area is 272 Å². The molecular formula is C42H33O3P. The van der Waals surface area contributed by atoms with Crippen molar-refractivity contribution in [2.24, 2.45) is 0 Å². The largest absolute Gasteiger partial charge is 0.530 e. The van der Waals surface area contributed by atoms with E-state index < -0.39 is 8.60 Å². The molecule has 0 saturated heterocycles. The molecule has 3 nitrogen and oxygen atoms in total. The third-order valence-electron chi connectivity index (χ3n) is 7.04. The molecule has 0 fully saturated rings. The van der Waals surface area contributed by atoms with Gasteiger partial charge in [0.15, 0.2) is 0 Å². The Morgan fingerprint density at radius 1 is 0.283 bits per heavy atom. The van der Waals surface area contributed by atoms with Gasteiger partial charge in [-0.25, -0.2) is 0 Å². The summed E-state index contributed by atoms with van der Waals surface area (Å²) in [5.74, 6) is 1.99. The molecule has 6 aromatic rings. The van der Waals surface area contributed by atoms with E-state index in [1.807, 2.05) is 146 Å². The summed E-state index contributed by atoms with van der Waals surface area (Å²) in [4.78, 5) is 0. The summed E-state index contributed by atoms with van der Waals surface area (Å²) in [5.41, 5.74) is 6.06. The SMILES string of the molecule is C(=Cc1ccccc1OP(Oc1ccccc1C=Cc1ccccc1)Oc1ccccc1C=Cc1ccccc1)c1ccccc1. The maximum absolute atomic E-state index is 6.60. The van der Waals surface area contributed by atoms with Crippen LogP contribution in [0.1, 0.15) is 33.4 Å². The van der Waals surface area contributed by atoms with Crippen LogP contribution in [0.2, 0.25) is 0 Å². The predicted molar refractivity (Wildman–Crippen MR) is 194 cm³/mol. The molecule has 6 aromatic carbocycles. The molecule has 0 bridgehead atoms. The zero-order valence-corrected chi connectivity index (χ0v) is 26.1. The van der Waals surface area contributed by atoms with Gasteiger partial charge in [0.05, 0.1) is 0 Å². The van der Waals surface area contributed by atoms with E-state index in [9.17, 15) is 0 Å². The third kappa shape index (κ3) is 8.72. The zero-order valence-electron chi connectivity index (χ0n) is 25.2. The second-order valence-corrected chi connectivity index (χ2v) is 11.3. The highest BCUT2D eigenvalue weighted by Crippen LogP contribution is 2.45. The number of hydrogen-bond acceptors (Lipinski definition) is 3. The molecule has 6 rings (SSSR count). The third-order valence-corrected chi connectivity index (χ3v) is 8.08. The van der Waals surface area contributed by atoms with Gasteiger partial charge in [-0.2, -0.15) is 0 Å². The van der Waals surface area contributed by atoms with Crippen molar-refractivity contribution in [3.63, 3.8) is 0 Å². The lowest BCUT2D eigenvalue weighted by Crippen LogP contribution is -2.04. The first kappa shape index (κ1) is 30.4. The highest BCUT2D eigenvalue weighted by molar-refractivity contribution is 7.43. The number of benzene rings is 6. The maximum Gasteiger partial charge on any atom is 0.530 e. The van der Waals surface area contributed by atoms with Crippen molar-refractivity contribution < 1.29 is 13.6 Å². The standard InChI is InChI=1S/C42H33O3P/c1-4-16-34(17-5-1)28-31-37-22-10-13-25-40(37)43-46(44-41-26-14-11-23-38(41)32-29-35-18-6-2-7-19-35)45-42-27-15-12-24-39(42)33-30-36-20-8-3-9-21-36/h1-33H. The normalized spacial score (nSPS) is 12.0. The molecule has 0 unspecified atom stereocenters. The fourth-order valence-electron chi connectivity index (χ4n) is 4.65. The van der Waals surface area contributed by atoms with Gasteiger partial charge in [0.2, 0.25) is 0 Å². The van der Waals surface area contributed by atoms with Crippen LogP contribution in [0, 0.1) is 0 Å². The van der Waals surface area contributed by atoms with Crippen molar-refractivity contribution in [2.75, 3.05) is 0 Å². The van der Waals surface area contributed by atoms with Gasteiger partial charge in [-0.15, -0.1) is 0 Å². The predicted octanol–water partition coefficient (Wildman–Crippen LogP) is 12.0. The van der Waals surface area contributed by atoms with E-state index in [4.69, 9.17) is 13.6 Å². The molecular weight excluding hydrogens is 583 g/mol. The minimum Gasteiger partial charge on any atom is -0.408 e. The van der Waals surface area contributed by atoms with Crippen LogP contribution in [0.25, 0.3) is 36.5 Å². The van der Waals surface area contributed by atoms with Crippen LogP contribution in [0.3, 0.4) is 0 Å². The van der Waals surface area contributed by atoms with Crippen LogP contribution >= 0.6 is 8.60 Å². The smallest absolute Gasteiger partial charge is 0.408 e. The summed E-state index contributed by atoms with van der Waals surface area (Å²) >= 11 is 0. The van der Waals surface area contributed by atoms with Gasteiger partial charge in [-0.3, -0.25) is 0 Å². The molecule has 0 N–H and O–H groups in total. The van der Waals surface area contributed by atoms with Crippen LogP contribution in [-0.2, 0) is 0 Å². The molecule has 4 heteroatoms. The lowest BCUT2D eigenvalue weighted by atomic mass is 10.1. The molecule has 46 heavy (non-hydrogen) atoms. The fraction of sp³-hybridized carbons (Fsp3) is 0. The van der Waals surface area contributed by atoms with Crippen LogP contribution in [0.15, 0.2) is 164 Å². The average Bonchev–Trinajstić information content (AvgIpc) is 3.12. The molecule has 0 aliphatic rings. The molecule has 0 atom stereocenters. The molecule has 0 amide bonds. The Morgan fingerprint density at radius 2 is 0.543 bits per heavy atom. The van der Waals surface area contributed by atoms with Gasteiger partial charge >= 0.3 is 8.60 Å². The Kier molecular flexibility index (Phi) is 10.5. The summed E-state index contributed by atoms with van der Waals surface area (Å²) in [6.07, 6.45) is 12.3. The molecule has 0 aromatic heterocycles. The molecule has 0 radical (unpaired) electrons. The first-order valence-electron chi connectivity index (χ1n) is 15.1. The van der Waals surface area contributed by atoms with E-state index in [-0.39, 0.29) is 0 Å². The average molecular weight is 617 g/mol. The number of para-hydroxylation sites is 3. The number of hydrogen-bond donors (Lipinski definition) is 0. The van der Waals surface area contributed by atoms with E-state index in [0.717, 1.165) is 33.4 Å². The van der Waals surface area contributed by atoms with Gasteiger partial charge in [-0.1, -0.05) is 182 Å². The Hall–Kier alpha value is -5.63. The van der Waals surface area contributed by atoms with Crippen LogP contribution in [0.4, 0.5) is 0 Å². The highest BCUT2D eigenvalue weighted by Gasteiger charge is 2.23. The van der Waals surface area contributed by atoms with Crippen molar-refractivity contribution in [1.29, 1.82) is 0 Å². The van der Waals surface area contributed by atoms with Gasteiger partial charge < -0.3 is 13.6 Å². The van der Waals surface area contributed by atoms with Gasteiger partial charge in [0, 0.05) is 16.7 Å².